The van der Waals surface area contributed by atoms with Crippen LogP contribution in [0.5, 0.6) is 0 Å². The summed E-state index contributed by atoms with van der Waals surface area (Å²) in [7, 11) is 0. The third-order valence-electron chi connectivity index (χ3n) is 5.46. The van der Waals surface area contributed by atoms with Gasteiger partial charge in [0.2, 0.25) is 0 Å². The molecule has 1 amide bonds. The van der Waals surface area contributed by atoms with Crippen molar-refractivity contribution in [2.24, 2.45) is 0 Å². The third kappa shape index (κ3) is 3.51. The second-order valence-corrected chi connectivity index (χ2v) is 7.30. The molecule has 2 N–H and O–H groups in total. The van der Waals surface area contributed by atoms with Crippen LogP contribution in [0.3, 0.4) is 0 Å². The number of halogens is 1. The van der Waals surface area contributed by atoms with Gasteiger partial charge in [-0.2, -0.15) is 5.10 Å². The Kier molecular flexibility index (Phi) is 5.02. The summed E-state index contributed by atoms with van der Waals surface area (Å²) in [6, 6.07) is 6.62. The van der Waals surface area contributed by atoms with E-state index in [2.05, 4.69) is 16.0 Å². The van der Waals surface area contributed by atoms with E-state index in [9.17, 15) is 9.18 Å². The minimum atomic E-state index is -0.274. The highest BCUT2D eigenvalue weighted by atomic mass is 19.1. The van der Waals surface area contributed by atoms with Crippen molar-refractivity contribution in [1.29, 1.82) is 0 Å². The zero-order valence-corrected chi connectivity index (χ0v) is 14.9. The first-order valence-corrected chi connectivity index (χ1v) is 9.65. The van der Waals surface area contributed by atoms with Crippen molar-refractivity contribution >= 4 is 5.91 Å². The first kappa shape index (κ1) is 17.2. The molecule has 5 nitrogen and oxygen atoms in total. The Labute approximate surface area is 152 Å². The van der Waals surface area contributed by atoms with Crippen LogP contribution in [0.1, 0.15) is 66.7 Å². The van der Waals surface area contributed by atoms with Gasteiger partial charge in [0.25, 0.3) is 5.91 Å². The van der Waals surface area contributed by atoms with Gasteiger partial charge in [-0.3, -0.25) is 10.2 Å². The maximum atomic E-state index is 13.3. The molecular weight excluding hydrogens is 331 g/mol. The summed E-state index contributed by atoms with van der Waals surface area (Å²) in [5, 5.41) is 4.60. The molecule has 1 fully saturated rings. The Morgan fingerprint density at radius 2 is 1.77 bits per heavy atom. The quantitative estimate of drug-likeness (QED) is 0.825. The molecule has 6 heteroatoms. The zero-order chi connectivity index (χ0) is 17.9. The second kappa shape index (κ2) is 7.58. The molecule has 26 heavy (non-hydrogen) atoms. The highest BCUT2D eigenvalue weighted by molar-refractivity contribution is 5.93. The SMILES string of the molecule is O=C(NNC1CCCCC1)c1nn(-c2ccc(F)cc2)c2c1CCCC2. The lowest BCUT2D eigenvalue weighted by Gasteiger charge is -2.22. The lowest BCUT2D eigenvalue weighted by Crippen LogP contribution is -2.45. The summed E-state index contributed by atoms with van der Waals surface area (Å²) in [5.74, 6) is -0.445. The van der Waals surface area contributed by atoms with Crippen LogP contribution in [0.15, 0.2) is 24.3 Å². The fourth-order valence-corrected chi connectivity index (χ4v) is 4.05. The van der Waals surface area contributed by atoms with Crippen LogP contribution in [0, 0.1) is 5.82 Å². The van der Waals surface area contributed by atoms with Gasteiger partial charge in [-0.1, -0.05) is 19.3 Å². The number of aromatic nitrogens is 2. The van der Waals surface area contributed by atoms with E-state index in [1.54, 1.807) is 12.1 Å². The van der Waals surface area contributed by atoms with Crippen molar-refractivity contribution < 1.29 is 9.18 Å². The van der Waals surface area contributed by atoms with Crippen LogP contribution in [0.25, 0.3) is 5.69 Å². The molecule has 0 bridgehead atoms. The number of amides is 1. The number of rotatable bonds is 4. The average Bonchev–Trinajstić information content (AvgIpc) is 3.07. The number of hydrogen-bond donors (Lipinski definition) is 2. The van der Waals surface area contributed by atoms with Gasteiger partial charge in [-0.15, -0.1) is 0 Å². The lowest BCUT2D eigenvalue weighted by molar-refractivity contribution is 0.0913. The summed E-state index contributed by atoms with van der Waals surface area (Å²) < 4.78 is 15.1. The molecule has 0 saturated heterocycles. The van der Waals surface area contributed by atoms with Crippen LogP contribution >= 0.6 is 0 Å². The maximum Gasteiger partial charge on any atom is 0.286 e. The molecule has 138 valence electrons. The first-order valence-electron chi connectivity index (χ1n) is 9.65. The number of hydrazine groups is 1. The van der Waals surface area contributed by atoms with Crippen LogP contribution in [0.2, 0.25) is 0 Å². The zero-order valence-electron chi connectivity index (χ0n) is 14.9. The predicted molar refractivity (Wildman–Crippen MR) is 97.6 cm³/mol. The number of nitrogens with one attached hydrogen (secondary N) is 2. The summed E-state index contributed by atoms with van der Waals surface area (Å²) in [6.07, 6.45) is 9.81. The van der Waals surface area contributed by atoms with E-state index in [-0.39, 0.29) is 11.7 Å². The summed E-state index contributed by atoms with van der Waals surface area (Å²) in [6.45, 7) is 0. The fraction of sp³-hybridized carbons (Fsp3) is 0.500. The van der Waals surface area contributed by atoms with Gasteiger partial charge in [-0.05, 0) is 62.8 Å². The first-order chi connectivity index (χ1) is 12.7. The topological polar surface area (TPSA) is 59.0 Å². The van der Waals surface area contributed by atoms with Crippen LogP contribution in [-0.2, 0) is 12.8 Å². The minimum Gasteiger partial charge on any atom is -0.286 e. The van der Waals surface area contributed by atoms with Crippen molar-refractivity contribution in [2.75, 3.05) is 0 Å². The van der Waals surface area contributed by atoms with Crippen molar-refractivity contribution in [2.45, 2.75) is 63.8 Å². The van der Waals surface area contributed by atoms with E-state index in [4.69, 9.17) is 0 Å². The van der Waals surface area contributed by atoms with Gasteiger partial charge in [0.05, 0.1) is 5.69 Å². The molecule has 0 atom stereocenters. The largest absolute Gasteiger partial charge is 0.286 e. The number of benzene rings is 1. The second-order valence-electron chi connectivity index (χ2n) is 7.30. The summed E-state index contributed by atoms with van der Waals surface area (Å²) >= 11 is 0. The molecule has 1 heterocycles. The van der Waals surface area contributed by atoms with Gasteiger partial charge in [0.15, 0.2) is 5.69 Å². The number of hydrogen-bond acceptors (Lipinski definition) is 3. The van der Waals surface area contributed by atoms with Gasteiger partial charge in [0.1, 0.15) is 5.82 Å². The molecule has 0 spiro atoms. The number of fused-ring (bicyclic) bond motifs is 1. The lowest BCUT2D eigenvalue weighted by atomic mass is 9.95. The van der Waals surface area contributed by atoms with E-state index in [1.165, 1.54) is 31.4 Å². The van der Waals surface area contributed by atoms with Gasteiger partial charge in [-0.25, -0.2) is 14.5 Å². The van der Waals surface area contributed by atoms with Crippen LogP contribution in [0.4, 0.5) is 4.39 Å². The smallest absolute Gasteiger partial charge is 0.286 e. The molecular formula is C20H25FN4O. The van der Waals surface area contributed by atoms with Gasteiger partial charge in [0, 0.05) is 17.3 Å². The molecule has 0 radical (unpaired) electrons. The van der Waals surface area contributed by atoms with E-state index in [1.807, 2.05) is 4.68 Å². The molecule has 1 saturated carbocycles. The van der Waals surface area contributed by atoms with E-state index in [0.717, 1.165) is 55.5 Å². The number of nitrogens with zero attached hydrogens (tertiary/aromatic N) is 2. The molecule has 2 aliphatic carbocycles. The Hall–Kier alpha value is -2.21. The normalized spacial score (nSPS) is 17.7. The van der Waals surface area contributed by atoms with Crippen LogP contribution in [-0.4, -0.2) is 21.7 Å². The van der Waals surface area contributed by atoms with Crippen LogP contribution < -0.4 is 10.9 Å². The average molecular weight is 356 g/mol. The molecule has 0 aliphatic heterocycles. The highest BCUT2D eigenvalue weighted by Gasteiger charge is 2.26. The Morgan fingerprint density at radius 3 is 2.54 bits per heavy atom. The molecule has 2 aromatic rings. The van der Waals surface area contributed by atoms with Gasteiger partial charge < -0.3 is 0 Å². The monoisotopic (exact) mass is 356 g/mol. The Morgan fingerprint density at radius 1 is 1.04 bits per heavy atom. The fourth-order valence-electron chi connectivity index (χ4n) is 4.05. The van der Waals surface area contributed by atoms with Crippen molar-refractivity contribution in [3.63, 3.8) is 0 Å². The maximum absolute atomic E-state index is 13.3. The Bertz CT molecular complexity index is 778. The summed E-state index contributed by atoms with van der Waals surface area (Å²) in [4.78, 5) is 12.7. The van der Waals surface area contributed by atoms with Crippen molar-refractivity contribution in [3.05, 3.63) is 47.0 Å². The van der Waals surface area contributed by atoms with E-state index in [0.29, 0.717) is 11.7 Å². The third-order valence-corrected chi connectivity index (χ3v) is 5.46. The minimum absolute atomic E-state index is 0.172. The molecule has 4 rings (SSSR count). The number of carbonyl (C=O) groups is 1. The molecule has 1 aromatic carbocycles. The van der Waals surface area contributed by atoms with E-state index >= 15 is 0 Å². The van der Waals surface area contributed by atoms with E-state index < -0.39 is 0 Å². The highest BCUT2D eigenvalue weighted by Crippen LogP contribution is 2.27. The predicted octanol–water partition coefficient (Wildman–Crippen LogP) is 3.46. The van der Waals surface area contributed by atoms with Crippen molar-refractivity contribution in [3.8, 4) is 5.69 Å². The Balaban J connectivity index is 1.57. The standard InChI is InChI=1S/C20H25FN4O/c21-14-10-12-16(13-11-14)25-18-9-5-4-8-17(18)19(24-25)20(26)23-22-15-6-2-1-3-7-15/h10-13,15,22H,1-9H2,(H,23,26). The van der Waals surface area contributed by atoms with Gasteiger partial charge >= 0.3 is 0 Å². The molecule has 1 aromatic heterocycles. The van der Waals surface area contributed by atoms with Crippen molar-refractivity contribution in [1.82, 2.24) is 20.6 Å². The molecule has 2 aliphatic rings. The number of carbonyl (C=O) groups excluding carboxylic acids is 1. The summed E-state index contributed by atoms with van der Waals surface area (Å²) in [5.41, 5.74) is 9.45. The molecule has 0 unspecified atom stereocenters.